The van der Waals surface area contributed by atoms with E-state index in [4.69, 9.17) is 23.2 Å². The minimum Gasteiger partial charge on any atom is -0.323 e. The molecule has 0 aromatic heterocycles. The van der Waals surface area contributed by atoms with Crippen molar-refractivity contribution >= 4 is 35.1 Å². The summed E-state index contributed by atoms with van der Waals surface area (Å²) in [6.07, 6.45) is 1.27. The van der Waals surface area contributed by atoms with Crippen LogP contribution in [0.1, 0.15) is 32.3 Å². The Morgan fingerprint density at radius 1 is 1.16 bits per heavy atom. The highest BCUT2D eigenvalue weighted by Crippen LogP contribution is 2.33. The fourth-order valence-electron chi connectivity index (χ4n) is 3.63. The number of piperidine rings is 1. The Kier molecular flexibility index (Phi) is 5.28. The van der Waals surface area contributed by atoms with Crippen molar-refractivity contribution in [1.82, 2.24) is 15.1 Å². The fraction of sp³-hybridized carbons (Fsp3) is 0.556. The van der Waals surface area contributed by atoms with Gasteiger partial charge in [0.05, 0.1) is 6.54 Å². The second kappa shape index (κ2) is 7.14. The average Bonchev–Trinajstić information content (AvgIpc) is 2.77. The lowest BCUT2D eigenvalue weighted by molar-refractivity contribution is -0.133. The van der Waals surface area contributed by atoms with Gasteiger partial charge in [0.1, 0.15) is 5.54 Å². The van der Waals surface area contributed by atoms with E-state index in [1.54, 1.807) is 18.2 Å². The lowest BCUT2D eigenvalue weighted by atomic mass is 9.87. The second-order valence-corrected chi connectivity index (χ2v) is 8.11. The van der Waals surface area contributed by atoms with Crippen molar-refractivity contribution in [2.45, 2.75) is 38.8 Å². The number of benzene rings is 1. The number of halogens is 2. The van der Waals surface area contributed by atoms with E-state index >= 15 is 0 Å². The van der Waals surface area contributed by atoms with Gasteiger partial charge in [0, 0.05) is 35.2 Å². The number of likely N-dealkylation sites (tertiary alicyclic amines) is 1. The van der Waals surface area contributed by atoms with Gasteiger partial charge in [-0.05, 0) is 30.9 Å². The molecule has 0 unspecified atom stereocenters. The van der Waals surface area contributed by atoms with Gasteiger partial charge >= 0.3 is 6.03 Å². The van der Waals surface area contributed by atoms with Crippen LogP contribution in [-0.2, 0) is 11.3 Å². The van der Waals surface area contributed by atoms with Gasteiger partial charge in [0.25, 0.3) is 5.91 Å². The lowest BCUT2D eigenvalue weighted by Crippen LogP contribution is -2.55. The van der Waals surface area contributed by atoms with E-state index in [0.717, 1.165) is 19.6 Å². The molecule has 2 aliphatic heterocycles. The standard InChI is InChI=1S/C18H23Cl2N3O2/c1-12(2)10-22-8-6-18(7-9-22)16(24)23(17(25)21-18)11-13-14(19)4-3-5-15(13)20/h3-5,12H,6-11H2,1-2H3,(H,21,25). The van der Waals surface area contributed by atoms with E-state index in [2.05, 4.69) is 24.1 Å². The molecule has 0 atom stereocenters. The molecule has 2 heterocycles. The highest BCUT2D eigenvalue weighted by molar-refractivity contribution is 6.36. The van der Waals surface area contributed by atoms with Crippen LogP contribution in [0.5, 0.6) is 0 Å². The zero-order chi connectivity index (χ0) is 18.2. The highest BCUT2D eigenvalue weighted by atomic mass is 35.5. The minimum absolute atomic E-state index is 0.0978. The van der Waals surface area contributed by atoms with Crippen LogP contribution in [0.2, 0.25) is 10.0 Å². The van der Waals surface area contributed by atoms with Crippen LogP contribution in [-0.4, -0.2) is 46.9 Å². The maximum atomic E-state index is 13.0. The molecule has 3 rings (SSSR count). The normalized spacial score (nSPS) is 20.6. The molecule has 0 aliphatic carbocycles. The topological polar surface area (TPSA) is 52.7 Å². The summed E-state index contributed by atoms with van der Waals surface area (Å²) in [6, 6.07) is 4.80. The number of urea groups is 1. The number of amides is 3. The summed E-state index contributed by atoms with van der Waals surface area (Å²) >= 11 is 12.4. The molecule has 1 spiro atoms. The summed E-state index contributed by atoms with van der Waals surface area (Å²) in [5, 5.41) is 3.84. The third-order valence-electron chi connectivity index (χ3n) is 4.96. The van der Waals surface area contributed by atoms with E-state index in [1.165, 1.54) is 4.90 Å². The summed E-state index contributed by atoms with van der Waals surface area (Å²) in [5.41, 5.74) is -0.179. The number of hydrogen-bond acceptors (Lipinski definition) is 3. The Morgan fingerprint density at radius 3 is 2.32 bits per heavy atom. The molecule has 5 nitrogen and oxygen atoms in total. The molecule has 136 valence electrons. The number of carbonyl (C=O) groups excluding carboxylic acids is 2. The first kappa shape index (κ1) is 18.5. The summed E-state index contributed by atoms with van der Waals surface area (Å²) in [7, 11) is 0. The predicted molar refractivity (Wildman–Crippen MR) is 98.8 cm³/mol. The first-order valence-corrected chi connectivity index (χ1v) is 9.37. The summed E-state index contributed by atoms with van der Waals surface area (Å²) < 4.78 is 0. The maximum Gasteiger partial charge on any atom is 0.325 e. The van der Waals surface area contributed by atoms with Gasteiger partial charge in [0.15, 0.2) is 0 Å². The van der Waals surface area contributed by atoms with Gasteiger partial charge < -0.3 is 10.2 Å². The fourth-order valence-corrected chi connectivity index (χ4v) is 4.15. The van der Waals surface area contributed by atoms with Crippen molar-refractivity contribution in [2.75, 3.05) is 19.6 Å². The maximum absolute atomic E-state index is 13.0. The summed E-state index contributed by atoms with van der Waals surface area (Å²) in [6.45, 7) is 7.09. The van der Waals surface area contributed by atoms with Crippen molar-refractivity contribution in [1.29, 1.82) is 0 Å². The average molecular weight is 384 g/mol. The van der Waals surface area contributed by atoms with Crippen molar-refractivity contribution in [3.05, 3.63) is 33.8 Å². The predicted octanol–water partition coefficient (Wildman–Crippen LogP) is 3.54. The summed E-state index contributed by atoms with van der Waals surface area (Å²) in [4.78, 5) is 29.0. The second-order valence-electron chi connectivity index (χ2n) is 7.30. The number of imide groups is 1. The van der Waals surface area contributed by atoms with Crippen LogP contribution in [0.25, 0.3) is 0 Å². The molecular formula is C18H23Cl2N3O2. The number of rotatable bonds is 4. The molecular weight excluding hydrogens is 361 g/mol. The van der Waals surface area contributed by atoms with Crippen molar-refractivity contribution in [3.8, 4) is 0 Å². The Morgan fingerprint density at radius 2 is 1.76 bits per heavy atom. The minimum atomic E-state index is -0.779. The number of hydrogen-bond donors (Lipinski definition) is 1. The van der Waals surface area contributed by atoms with E-state index < -0.39 is 5.54 Å². The van der Waals surface area contributed by atoms with Gasteiger partial charge in [-0.1, -0.05) is 43.1 Å². The molecule has 0 radical (unpaired) electrons. The van der Waals surface area contributed by atoms with Gasteiger partial charge in [-0.25, -0.2) is 4.79 Å². The Hall–Kier alpha value is -1.30. The molecule has 7 heteroatoms. The number of nitrogens with one attached hydrogen (secondary N) is 1. The van der Waals surface area contributed by atoms with Gasteiger partial charge in [0.2, 0.25) is 0 Å². The first-order valence-electron chi connectivity index (χ1n) is 8.62. The Bertz CT molecular complexity index is 665. The van der Waals surface area contributed by atoms with Crippen LogP contribution >= 0.6 is 23.2 Å². The van der Waals surface area contributed by atoms with Gasteiger partial charge in [-0.2, -0.15) is 0 Å². The number of nitrogens with zero attached hydrogens (tertiary/aromatic N) is 2. The molecule has 25 heavy (non-hydrogen) atoms. The molecule has 2 fully saturated rings. The van der Waals surface area contributed by atoms with E-state index in [-0.39, 0.29) is 18.5 Å². The summed E-state index contributed by atoms with van der Waals surface area (Å²) in [5.74, 6) is 0.416. The zero-order valence-electron chi connectivity index (χ0n) is 14.5. The third kappa shape index (κ3) is 3.64. The molecule has 0 saturated carbocycles. The smallest absolute Gasteiger partial charge is 0.323 e. The van der Waals surface area contributed by atoms with Crippen molar-refractivity contribution < 1.29 is 9.59 Å². The van der Waals surface area contributed by atoms with E-state index in [0.29, 0.717) is 34.4 Å². The van der Waals surface area contributed by atoms with Gasteiger partial charge in [-0.3, -0.25) is 9.69 Å². The van der Waals surface area contributed by atoms with E-state index in [1.807, 2.05) is 0 Å². The molecule has 3 amide bonds. The molecule has 1 aromatic carbocycles. The first-order chi connectivity index (χ1) is 11.8. The van der Waals surface area contributed by atoms with Crippen molar-refractivity contribution in [3.63, 3.8) is 0 Å². The monoisotopic (exact) mass is 383 g/mol. The lowest BCUT2D eigenvalue weighted by Gasteiger charge is -2.38. The molecule has 2 aliphatic rings. The molecule has 1 N–H and O–H groups in total. The van der Waals surface area contributed by atoms with Gasteiger partial charge in [-0.15, -0.1) is 0 Å². The van der Waals surface area contributed by atoms with Crippen molar-refractivity contribution in [2.24, 2.45) is 5.92 Å². The van der Waals surface area contributed by atoms with Crippen LogP contribution in [0, 0.1) is 5.92 Å². The quantitative estimate of drug-likeness (QED) is 0.808. The third-order valence-corrected chi connectivity index (χ3v) is 5.66. The largest absolute Gasteiger partial charge is 0.325 e. The Balaban J connectivity index is 1.73. The van der Waals surface area contributed by atoms with Crippen LogP contribution in [0.4, 0.5) is 4.79 Å². The molecule has 0 bridgehead atoms. The number of carbonyl (C=O) groups is 2. The highest BCUT2D eigenvalue weighted by Gasteiger charge is 2.52. The van der Waals surface area contributed by atoms with E-state index in [9.17, 15) is 9.59 Å². The van der Waals surface area contributed by atoms with Crippen LogP contribution in [0.15, 0.2) is 18.2 Å². The Labute approximate surface area is 158 Å². The SMILES string of the molecule is CC(C)CN1CCC2(CC1)NC(=O)N(Cc1c(Cl)cccc1Cl)C2=O. The molecule has 2 saturated heterocycles. The van der Waals surface area contributed by atoms with Crippen LogP contribution < -0.4 is 5.32 Å². The zero-order valence-corrected chi connectivity index (χ0v) is 16.0. The molecule has 1 aromatic rings. The van der Waals surface area contributed by atoms with Crippen LogP contribution in [0.3, 0.4) is 0 Å².